The molecule has 2 aromatic rings. The van der Waals surface area contributed by atoms with E-state index in [1.165, 1.54) is 0 Å². The molecule has 3 rings (SSSR count). The summed E-state index contributed by atoms with van der Waals surface area (Å²) in [6.45, 7) is 3.08. The molecule has 0 spiro atoms. The van der Waals surface area contributed by atoms with Gasteiger partial charge in [-0.2, -0.15) is 10.3 Å². The van der Waals surface area contributed by atoms with Gasteiger partial charge in [0.25, 0.3) is 0 Å². The molecule has 7 heteroatoms. The summed E-state index contributed by atoms with van der Waals surface area (Å²) >= 11 is 0. The molecule has 0 aliphatic carbocycles. The molecule has 1 saturated heterocycles. The second-order valence-electron chi connectivity index (χ2n) is 5.04. The summed E-state index contributed by atoms with van der Waals surface area (Å²) < 4.78 is 10.9. The molecule has 1 aromatic heterocycles. The lowest BCUT2D eigenvalue weighted by Gasteiger charge is -2.27. The van der Waals surface area contributed by atoms with Crippen LogP contribution in [-0.2, 0) is 4.74 Å². The van der Waals surface area contributed by atoms with Gasteiger partial charge in [0.2, 0.25) is 0 Å². The first kappa shape index (κ1) is 15.8. The number of anilines is 1. The van der Waals surface area contributed by atoms with E-state index in [9.17, 15) is 0 Å². The molecule has 1 aliphatic rings. The SMILES string of the molecule is N#CNC(=Nc1ccc(N2CCOCC2)nc1)Oc1ccccc1. The molecular weight excluding hydrogens is 306 g/mol. The normalized spacial score (nSPS) is 14.8. The molecule has 1 aromatic carbocycles. The van der Waals surface area contributed by atoms with Gasteiger partial charge in [-0.05, 0) is 24.3 Å². The summed E-state index contributed by atoms with van der Waals surface area (Å²) in [5.41, 5.74) is 0.598. The van der Waals surface area contributed by atoms with Gasteiger partial charge in [0.15, 0.2) is 6.19 Å². The molecule has 7 nitrogen and oxygen atoms in total. The molecule has 0 unspecified atom stereocenters. The third-order valence-corrected chi connectivity index (χ3v) is 3.42. The van der Waals surface area contributed by atoms with Crippen LogP contribution in [0.4, 0.5) is 11.5 Å². The van der Waals surface area contributed by atoms with Crippen LogP contribution < -0.4 is 15.0 Å². The molecule has 122 valence electrons. The van der Waals surface area contributed by atoms with Gasteiger partial charge in [-0.25, -0.2) is 10.3 Å². The summed E-state index contributed by atoms with van der Waals surface area (Å²) in [4.78, 5) is 10.9. The minimum absolute atomic E-state index is 0.102. The number of aliphatic imine (C=N–C) groups is 1. The van der Waals surface area contributed by atoms with Crippen molar-refractivity contribution in [2.75, 3.05) is 31.2 Å². The topological polar surface area (TPSA) is 82.8 Å². The van der Waals surface area contributed by atoms with Crippen LogP contribution in [0.2, 0.25) is 0 Å². The third-order valence-electron chi connectivity index (χ3n) is 3.42. The van der Waals surface area contributed by atoms with Crippen molar-refractivity contribution in [1.29, 1.82) is 5.26 Å². The van der Waals surface area contributed by atoms with Crippen LogP contribution in [0.15, 0.2) is 53.7 Å². The molecule has 2 heterocycles. The van der Waals surface area contributed by atoms with E-state index in [1.54, 1.807) is 18.3 Å². The molecule has 1 N–H and O–H groups in total. The first-order valence-corrected chi connectivity index (χ1v) is 7.60. The Labute approximate surface area is 140 Å². The van der Waals surface area contributed by atoms with Crippen LogP contribution in [0.3, 0.4) is 0 Å². The molecule has 0 saturated carbocycles. The predicted octanol–water partition coefficient (Wildman–Crippen LogP) is 2.06. The van der Waals surface area contributed by atoms with Crippen molar-refractivity contribution >= 4 is 17.5 Å². The average Bonchev–Trinajstić information content (AvgIpc) is 2.64. The summed E-state index contributed by atoms with van der Waals surface area (Å²) in [5, 5.41) is 11.3. The Morgan fingerprint density at radius 3 is 2.67 bits per heavy atom. The Kier molecular flexibility index (Phi) is 5.22. The number of nitrogens with one attached hydrogen (secondary N) is 1. The summed E-state index contributed by atoms with van der Waals surface area (Å²) in [6, 6.07) is 13.0. The van der Waals surface area contributed by atoms with Gasteiger partial charge in [-0.15, -0.1) is 0 Å². The Morgan fingerprint density at radius 2 is 2.00 bits per heavy atom. The van der Waals surface area contributed by atoms with Crippen molar-refractivity contribution in [1.82, 2.24) is 10.3 Å². The van der Waals surface area contributed by atoms with Crippen LogP contribution in [0, 0.1) is 11.5 Å². The maximum Gasteiger partial charge on any atom is 0.309 e. The van der Waals surface area contributed by atoms with E-state index in [4.69, 9.17) is 14.7 Å². The monoisotopic (exact) mass is 323 g/mol. The number of ether oxygens (including phenoxy) is 2. The molecule has 0 amide bonds. The second-order valence-corrected chi connectivity index (χ2v) is 5.04. The molecule has 0 atom stereocenters. The molecule has 1 aliphatic heterocycles. The fraction of sp³-hybridized carbons (Fsp3) is 0.235. The van der Waals surface area contributed by atoms with E-state index >= 15 is 0 Å². The second kappa shape index (κ2) is 7.94. The van der Waals surface area contributed by atoms with Gasteiger partial charge in [0, 0.05) is 13.1 Å². The number of rotatable bonds is 3. The number of amidine groups is 1. The van der Waals surface area contributed by atoms with Crippen LogP contribution in [-0.4, -0.2) is 37.3 Å². The van der Waals surface area contributed by atoms with Gasteiger partial charge >= 0.3 is 6.02 Å². The van der Waals surface area contributed by atoms with Crippen LogP contribution in [0.5, 0.6) is 5.75 Å². The van der Waals surface area contributed by atoms with Crippen LogP contribution >= 0.6 is 0 Å². The molecule has 0 bridgehead atoms. The Morgan fingerprint density at radius 1 is 1.21 bits per heavy atom. The van der Waals surface area contributed by atoms with E-state index in [2.05, 4.69) is 20.2 Å². The number of morpholine rings is 1. The van der Waals surface area contributed by atoms with E-state index in [-0.39, 0.29) is 6.02 Å². The third kappa shape index (κ3) is 4.21. The highest BCUT2D eigenvalue weighted by Gasteiger charge is 2.12. The fourth-order valence-electron chi connectivity index (χ4n) is 2.27. The first-order valence-electron chi connectivity index (χ1n) is 7.60. The Bertz CT molecular complexity index is 719. The quantitative estimate of drug-likeness (QED) is 0.403. The number of pyridine rings is 1. The predicted molar refractivity (Wildman–Crippen MR) is 90.2 cm³/mol. The maximum atomic E-state index is 8.85. The van der Waals surface area contributed by atoms with Gasteiger partial charge in [0.05, 0.1) is 25.1 Å². The average molecular weight is 323 g/mol. The smallest absolute Gasteiger partial charge is 0.309 e. The van der Waals surface area contributed by atoms with Crippen LogP contribution in [0.1, 0.15) is 0 Å². The fourth-order valence-corrected chi connectivity index (χ4v) is 2.27. The van der Waals surface area contributed by atoms with Crippen molar-refractivity contribution in [2.24, 2.45) is 4.99 Å². The lowest BCUT2D eigenvalue weighted by atomic mass is 10.3. The Balaban J connectivity index is 1.73. The number of para-hydroxylation sites is 1. The van der Waals surface area contributed by atoms with E-state index in [0.29, 0.717) is 24.7 Å². The van der Waals surface area contributed by atoms with Crippen molar-refractivity contribution in [2.45, 2.75) is 0 Å². The number of aromatic nitrogens is 1. The first-order chi connectivity index (χ1) is 11.8. The standard InChI is InChI=1S/C17H17N5O2/c18-13-20-17(24-15-4-2-1-3-5-15)21-14-6-7-16(19-12-14)22-8-10-23-11-9-22/h1-7,12H,8-11H2,(H,20,21). The summed E-state index contributed by atoms with van der Waals surface area (Å²) in [6.07, 6.45) is 3.47. The van der Waals surface area contributed by atoms with Crippen molar-refractivity contribution in [3.05, 3.63) is 48.7 Å². The molecule has 0 radical (unpaired) electrons. The van der Waals surface area contributed by atoms with Gasteiger partial charge in [0.1, 0.15) is 11.6 Å². The maximum absolute atomic E-state index is 8.85. The lowest BCUT2D eigenvalue weighted by Crippen LogP contribution is -2.36. The zero-order valence-electron chi connectivity index (χ0n) is 13.1. The zero-order chi connectivity index (χ0) is 16.6. The lowest BCUT2D eigenvalue weighted by molar-refractivity contribution is 0.122. The number of hydrogen-bond acceptors (Lipinski definition) is 6. The van der Waals surface area contributed by atoms with Crippen molar-refractivity contribution < 1.29 is 9.47 Å². The largest absolute Gasteiger partial charge is 0.425 e. The van der Waals surface area contributed by atoms with Crippen molar-refractivity contribution in [3.63, 3.8) is 0 Å². The van der Waals surface area contributed by atoms with Crippen LogP contribution in [0.25, 0.3) is 0 Å². The van der Waals surface area contributed by atoms with Gasteiger partial charge in [-0.1, -0.05) is 18.2 Å². The Hall–Kier alpha value is -3.11. The highest BCUT2D eigenvalue weighted by atomic mass is 16.5. The minimum atomic E-state index is 0.102. The van der Waals surface area contributed by atoms with E-state index in [1.807, 2.05) is 36.5 Å². The number of hydrogen-bond donors (Lipinski definition) is 1. The summed E-state index contributed by atoms with van der Waals surface area (Å²) in [5.74, 6) is 1.48. The van der Waals surface area contributed by atoms with E-state index in [0.717, 1.165) is 18.9 Å². The van der Waals surface area contributed by atoms with Gasteiger partial charge in [-0.3, -0.25) is 0 Å². The van der Waals surface area contributed by atoms with Gasteiger partial charge < -0.3 is 14.4 Å². The summed E-state index contributed by atoms with van der Waals surface area (Å²) in [7, 11) is 0. The molecule has 24 heavy (non-hydrogen) atoms. The minimum Gasteiger partial charge on any atom is -0.425 e. The highest BCUT2D eigenvalue weighted by Crippen LogP contribution is 2.18. The number of benzene rings is 1. The molecular formula is C17H17N5O2. The van der Waals surface area contributed by atoms with E-state index < -0.39 is 0 Å². The number of nitriles is 1. The molecule has 1 fully saturated rings. The zero-order valence-corrected chi connectivity index (χ0v) is 13.1. The van der Waals surface area contributed by atoms with Crippen molar-refractivity contribution in [3.8, 4) is 11.9 Å². The highest BCUT2D eigenvalue weighted by molar-refractivity contribution is 5.80. The number of nitrogens with zero attached hydrogens (tertiary/aromatic N) is 4.